The molecule has 1 rings (SSSR count). The predicted molar refractivity (Wildman–Crippen MR) is 74.9 cm³/mol. The first-order valence-electron chi connectivity index (χ1n) is 6.50. The molecule has 0 amide bonds. The van der Waals surface area contributed by atoms with Crippen LogP contribution in [-0.4, -0.2) is 37.5 Å². The maximum Gasteiger partial charge on any atom is 0.0642 e. The molecule has 0 fully saturated rings. The van der Waals surface area contributed by atoms with Gasteiger partial charge in [0.2, 0.25) is 0 Å². The molecule has 1 atom stereocenters. The van der Waals surface area contributed by atoms with Gasteiger partial charge in [0.25, 0.3) is 0 Å². The standard InChI is InChI=1S/C15H25NO2/c1-13-4-6-14(7-5-13)8-10-16-15(2,9-11-17)12-18-3/h4-7,16-17H,8-12H2,1-3H3. The monoisotopic (exact) mass is 251 g/mol. The van der Waals surface area contributed by atoms with E-state index in [9.17, 15) is 0 Å². The number of methoxy groups -OCH3 is 1. The number of aliphatic hydroxyl groups is 1. The van der Waals surface area contributed by atoms with Gasteiger partial charge < -0.3 is 15.2 Å². The van der Waals surface area contributed by atoms with Crippen molar-refractivity contribution < 1.29 is 9.84 Å². The molecule has 0 aromatic heterocycles. The first-order chi connectivity index (χ1) is 8.59. The van der Waals surface area contributed by atoms with Crippen LogP contribution >= 0.6 is 0 Å². The van der Waals surface area contributed by atoms with Crippen molar-refractivity contribution in [3.05, 3.63) is 35.4 Å². The van der Waals surface area contributed by atoms with Crippen LogP contribution in [0.3, 0.4) is 0 Å². The van der Waals surface area contributed by atoms with E-state index >= 15 is 0 Å². The third-order valence-corrected chi connectivity index (χ3v) is 3.21. The number of benzene rings is 1. The molecular formula is C15H25NO2. The summed E-state index contributed by atoms with van der Waals surface area (Å²) in [5, 5.41) is 12.6. The fourth-order valence-corrected chi connectivity index (χ4v) is 2.04. The molecule has 0 aliphatic rings. The minimum Gasteiger partial charge on any atom is -0.396 e. The lowest BCUT2D eigenvalue weighted by Crippen LogP contribution is -2.47. The second-order valence-corrected chi connectivity index (χ2v) is 5.13. The van der Waals surface area contributed by atoms with Gasteiger partial charge in [-0.2, -0.15) is 0 Å². The number of hydrogen-bond donors (Lipinski definition) is 2. The van der Waals surface area contributed by atoms with Crippen LogP contribution in [0.15, 0.2) is 24.3 Å². The molecule has 0 aliphatic carbocycles. The third kappa shape index (κ3) is 5.17. The lowest BCUT2D eigenvalue weighted by atomic mass is 9.99. The normalized spacial score (nSPS) is 14.4. The van der Waals surface area contributed by atoms with Crippen molar-refractivity contribution in [3.8, 4) is 0 Å². The molecule has 2 N–H and O–H groups in total. The van der Waals surface area contributed by atoms with E-state index < -0.39 is 0 Å². The van der Waals surface area contributed by atoms with Crippen molar-refractivity contribution in [1.82, 2.24) is 5.32 Å². The molecule has 0 spiro atoms. The fraction of sp³-hybridized carbons (Fsp3) is 0.600. The van der Waals surface area contributed by atoms with Crippen molar-refractivity contribution in [1.29, 1.82) is 0 Å². The van der Waals surface area contributed by atoms with Gasteiger partial charge in [-0.05, 0) is 38.8 Å². The summed E-state index contributed by atoms with van der Waals surface area (Å²) in [5.74, 6) is 0. The molecule has 1 unspecified atom stereocenters. The van der Waals surface area contributed by atoms with Crippen LogP contribution in [-0.2, 0) is 11.2 Å². The van der Waals surface area contributed by atoms with Crippen LogP contribution < -0.4 is 5.32 Å². The average Bonchev–Trinajstić information content (AvgIpc) is 2.32. The number of hydrogen-bond acceptors (Lipinski definition) is 3. The van der Waals surface area contributed by atoms with E-state index in [1.165, 1.54) is 11.1 Å². The van der Waals surface area contributed by atoms with Crippen molar-refractivity contribution in [2.24, 2.45) is 0 Å². The van der Waals surface area contributed by atoms with E-state index in [1.54, 1.807) is 7.11 Å². The molecule has 0 saturated heterocycles. The van der Waals surface area contributed by atoms with Crippen LogP contribution in [0.1, 0.15) is 24.5 Å². The molecule has 0 heterocycles. The Bertz CT molecular complexity index is 329. The zero-order chi connectivity index (χ0) is 13.4. The minimum atomic E-state index is -0.145. The van der Waals surface area contributed by atoms with Gasteiger partial charge in [0, 0.05) is 19.3 Å². The van der Waals surface area contributed by atoms with Crippen LogP contribution in [0.5, 0.6) is 0 Å². The molecule has 0 bridgehead atoms. The molecule has 1 aromatic carbocycles. The average molecular weight is 251 g/mol. The van der Waals surface area contributed by atoms with E-state index in [4.69, 9.17) is 9.84 Å². The van der Waals surface area contributed by atoms with Crippen LogP contribution in [0.25, 0.3) is 0 Å². The summed E-state index contributed by atoms with van der Waals surface area (Å²) in [4.78, 5) is 0. The van der Waals surface area contributed by atoms with Crippen LogP contribution in [0.2, 0.25) is 0 Å². The Hall–Kier alpha value is -0.900. The van der Waals surface area contributed by atoms with Gasteiger partial charge in [0.1, 0.15) is 0 Å². The molecule has 18 heavy (non-hydrogen) atoms. The number of nitrogens with one attached hydrogen (secondary N) is 1. The van der Waals surface area contributed by atoms with Gasteiger partial charge in [-0.15, -0.1) is 0 Å². The van der Waals surface area contributed by atoms with E-state index in [2.05, 4.69) is 43.4 Å². The van der Waals surface area contributed by atoms with Gasteiger partial charge in [-0.1, -0.05) is 29.8 Å². The summed E-state index contributed by atoms with van der Waals surface area (Å²) in [5.41, 5.74) is 2.47. The number of aliphatic hydroxyl groups excluding tert-OH is 1. The van der Waals surface area contributed by atoms with Crippen molar-refractivity contribution in [3.63, 3.8) is 0 Å². The molecular weight excluding hydrogens is 226 g/mol. The summed E-state index contributed by atoms with van der Waals surface area (Å²) >= 11 is 0. The summed E-state index contributed by atoms with van der Waals surface area (Å²) in [6, 6.07) is 8.60. The lowest BCUT2D eigenvalue weighted by molar-refractivity contribution is 0.0985. The summed E-state index contributed by atoms with van der Waals surface area (Å²) in [6.07, 6.45) is 1.69. The van der Waals surface area contributed by atoms with Crippen LogP contribution in [0.4, 0.5) is 0 Å². The van der Waals surface area contributed by atoms with Gasteiger partial charge in [0.15, 0.2) is 0 Å². The van der Waals surface area contributed by atoms with Gasteiger partial charge in [-0.3, -0.25) is 0 Å². The van der Waals surface area contributed by atoms with Crippen molar-refractivity contribution in [2.75, 3.05) is 26.9 Å². The SMILES string of the molecule is COCC(C)(CCO)NCCc1ccc(C)cc1. The van der Waals surface area contributed by atoms with E-state index in [0.717, 1.165) is 13.0 Å². The van der Waals surface area contributed by atoms with Gasteiger partial charge in [-0.25, -0.2) is 0 Å². The molecule has 0 radical (unpaired) electrons. The largest absolute Gasteiger partial charge is 0.396 e. The Morgan fingerprint density at radius 2 is 1.94 bits per heavy atom. The smallest absolute Gasteiger partial charge is 0.0642 e. The summed E-state index contributed by atoms with van der Waals surface area (Å²) < 4.78 is 5.20. The zero-order valence-corrected chi connectivity index (χ0v) is 11.7. The second-order valence-electron chi connectivity index (χ2n) is 5.13. The highest BCUT2D eigenvalue weighted by Gasteiger charge is 2.22. The first kappa shape index (κ1) is 15.2. The molecule has 3 heteroatoms. The Morgan fingerprint density at radius 3 is 2.50 bits per heavy atom. The quantitative estimate of drug-likeness (QED) is 0.741. The number of rotatable bonds is 8. The summed E-state index contributed by atoms with van der Waals surface area (Å²) in [6.45, 7) is 5.86. The molecule has 0 aliphatic heterocycles. The molecule has 1 aromatic rings. The molecule has 3 nitrogen and oxygen atoms in total. The predicted octanol–water partition coefficient (Wildman–Crippen LogP) is 1.91. The maximum atomic E-state index is 9.08. The Morgan fingerprint density at radius 1 is 1.28 bits per heavy atom. The van der Waals surface area contributed by atoms with E-state index in [-0.39, 0.29) is 12.1 Å². The molecule has 102 valence electrons. The third-order valence-electron chi connectivity index (χ3n) is 3.21. The van der Waals surface area contributed by atoms with Crippen molar-refractivity contribution in [2.45, 2.75) is 32.2 Å². The van der Waals surface area contributed by atoms with Gasteiger partial charge >= 0.3 is 0 Å². The number of aryl methyl sites for hydroxylation is 1. The van der Waals surface area contributed by atoms with E-state index in [0.29, 0.717) is 13.0 Å². The molecule has 0 saturated carbocycles. The highest BCUT2D eigenvalue weighted by atomic mass is 16.5. The lowest BCUT2D eigenvalue weighted by Gasteiger charge is -2.29. The zero-order valence-electron chi connectivity index (χ0n) is 11.7. The number of ether oxygens (including phenoxy) is 1. The van der Waals surface area contributed by atoms with Gasteiger partial charge in [0.05, 0.1) is 6.61 Å². The Labute approximate surface area is 110 Å². The highest BCUT2D eigenvalue weighted by molar-refractivity contribution is 5.21. The fourth-order valence-electron chi connectivity index (χ4n) is 2.04. The minimum absolute atomic E-state index is 0.145. The Kier molecular flexibility index (Phi) is 6.33. The van der Waals surface area contributed by atoms with Crippen LogP contribution in [0, 0.1) is 6.92 Å². The topological polar surface area (TPSA) is 41.5 Å². The Balaban J connectivity index is 2.40. The van der Waals surface area contributed by atoms with E-state index in [1.807, 2.05) is 0 Å². The van der Waals surface area contributed by atoms with Crippen molar-refractivity contribution >= 4 is 0 Å². The maximum absolute atomic E-state index is 9.08. The highest BCUT2D eigenvalue weighted by Crippen LogP contribution is 2.10. The first-order valence-corrected chi connectivity index (χ1v) is 6.50. The second kappa shape index (κ2) is 7.52. The summed E-state index contributed by atoms with van der Waals surface area (Å²) in [7, 11) is 1.69.